The Morgan fingerprint density at radius 2 is 1.89 bits per heavy atom. The van der Waals surface area contributed by atoms with Gasteiger partial charge in [-0.05, 0) is 86.6 Å². The zero-order valence-corrected chi connectivity index (χ0v) is 20.8. The van der Waals surface area contributed by atoms with Gasteiger partial charge >= 0.3 is 6.03 Å². The second-order valence-corrected chi connectivity index (χ2v) is 10.7. The Morgan fingerprint density at radius 1 is 1.03 bits per heavy atom. The number of benzene rings is 2. The van der Waals surface area contributed by atoms with Crippen LogP contribution in [0.25, 0.3) is 5.00 Å². The molecule has 1 atom stereocenters. The fourth-order valence-electron chi connectivity index (χ4n) is 5.55. The van der Waals surface area contributed by atoms with Gasteiger partial charge < -0.3 is 14.8 Å². The third-order valence-corrected chi connectivity index (χ3v) is 8.56. The number of carbonyl (C=O) groups excluding carboxylic acids is 1. The topological polar surface area (TPSA) is 37.3 Å². The Bertz CT molecular complexity index is 1440. The van der Waals surface area contributed by atoms with Gasteiger partial charge in [0, 0.05) is 22.3 Å². The Morgan fingerprint density at radius 3 is 2.71 bits per heavy atom. The van der Waals surface area contributed by atoms with E-state index in [-0.39, 0.29) is 11.8 Å². The lowest BCUT2D eigenvalue weighted by Gasteiger charge is -2.31. The van der Waals surface area contributed by atoms with Crippen molar-refractivity contribution in [3.05, 3.63) is 105 Å². The molecule has 1 N–H and O–H groups in total. The monoisotopic (exact) mass is 485 g/mol. The van der Waals surface area contributed by atoms with E-state index in [1.807, 2.05) is 54.3 Å². The van der Waals surface area contributed by atoms with E-state index in [1.54, 1.807) is 12.1 Å². The molecule has 6 heteroatoms. The van der Waals surface area contributed by atoms with Crippen molar-refractivity contribution in [3.63, 3.8) is 0 Å². The summed E-state index contributed by atoms with van der Waals surface area (Å²) >= 11 is 1.85. The van der Waals surface area contributed by atoms with Crippen molar-refractivity contribution in [2.24, 2.45) is 0 Å². The molecule has 1 aliphatic heterocycles. The fraction of sp³-hybridized carbons (Fsp3) is 0.276. The number of fused-ring (bicyclic) bond motifs is 5. The van der Waals surface area contributed by atoms with E-state index in [4.69, 9.17) is 0 Å². The average Bonchev–Trinajstić information content (AvgIpc) is 3.42. The summed E-state index contributed by atoms with van der Waals surface area (Å²) in [5.74, 6) is -0.299. The molecule has 3 heterocycles. The summed E-state index contributed by atoms with van der Waals surface area (Å²) in [5.41, 5.74) is 7.35. The summed E-state index contributed by atoms with van der Waals surface area (Å²) in [5, 5.41) is 4.36. The number of hydrogen-bond acceptors (Lipinski definition) is 2. The largest absolute Gasteiger partial charge is 0.322 e. The van der Waals surface area contributed by atoms with Crippen LogP contribution >= 0.6 is 11.3 Å². The van der Waals surface area contributed by atoms with Crippen LogP contribution < -0.4 is 5.32 Å². The van der Waals surface area contributed by atoms with Crippen LogP contribution in [0.2, 0.25) is 0 Å². The quantitative estimate of drug-likeness (QED) is 0.318. The normalized spacial score (nSPS) is 16.8. The first-order valence-electron chi connectivity index (χ1n) is 12.2. The second kappa shape index (κ2) is 8.68. The van der Waals surface area contributed by atoms with Gasteiger partial charge in [-0.25, -0.2) is 9.18 Å². The van der Waals surface area contributed by atoms with E-state index in [0.717, 1.165) is 40.9 Å². The minimum atomic E-state index is -0.412. The molecule has 2 amide bonds. The Labute approximate surface area is 209 Å². The highest BCUT2D eigenvalue weighted by atomic mass is 32.1. The number of aryl methyl sites for hydroxylation is 3. The minimum Gasteiger partial charge on any atom is -0.310 e. The number of anilines is 1. The van der Waals surface area contributed by atoms with Crippen molar-refractivity contribution >= 4 is 23.1 Å². The van der Waals surface area contributed by atoms with Crippen LogP contribution in [0.4, 0.5) is 14.9 Å². The predicted octanol–water partition coefficient (Wildman–Crippen LogP) is 7.31. The highest BCUT2D eigenvalue weighted by molar-refractivity contribution is 7.15. The molecule has 0 radical (unpaired) electrons. The highest BCUT2D eigenvalue weighted by Crippen LogP contribution is 2.44. The Balaban J connectivity index is 1.50. The van der Waals surface area contributed by atoms with Crippen molar-refractivity contribution in [1.29, 1.82) is 0 Å². The van der Waals surface area contributed by atoms with Gasteiger partial charge in [0.05, 0.1) is 18.3 Å². The molecule has 0 saturated heterocycles. The van der Waals surface area contributed by atoms with Crippen molar-refractivity contribution in [3.8, 4) is 5.00 Å². The number of urea groups is 1. The van der Waals surface area contributed by atoms with Crippen LogP contribution in [-0.2, 0) is 19.4 Å². The first-order valence-corrected chi connectivity index (χ1v) is 13.0. The molecular formula is C29H28FN3OS. The zero-order valence-electron chi connectivity index (χ0n) is 20.0. The van der Waals surface area contributed by atoms with Crippen molar-refractivity contribution in [2.75, 3.05) is 5.32 Å². The maximum atomic E-state index is 14.4. The third kappa shape index (κ3) is 3.86. The first-order chi connectivity index (χ1) is 17.0. The smallest absolute Gasteiger partial charge is 0.310 e. The summed E-state index contributed by atoms with van der Waals surface area (Å²) in [6.07, 6.45) is 6.62. The van der Waals surface area contributed by atoms with Crippen LogP contribution in [-0.4, -0.2) is 15.5 Å². The highest BCUT2D eigenvalue weighted by Gasteiger charge is 2.36. The Kier molecular flexibility index (Phi) is 5.49. The summed E-state index contributed by atoms with van der Waals surface area (Å²) in [6, 6.07) is 16.2. The third-order valence-electron chi connectivity index (χ3n) is 7.23. The summed E-state index contributed by atoms with van der Waals surface area (Å²) < 4.78 is 16.6. The number of carbonyl (C=O) groups is 1. The molecule has 6 rings (SSSR count). The van der Waals surface area contributed by atoms with Gasteiger partial charge in [0.1, 0.15) is 10.8 Å². The van der Waals surface area contributed by atoms with Crippen LogP contribution in [0.1, 0.15) is 57.3 Å². The van der Waals surface area contributed by atoms with E-state index in [2.05, 4.69) is 28.2 Å². The Hall–Kier alpha value is -3.38. The fourth-order valence-corrected chi connectivity index (χ4v) is 6.96. The number of halogens is 1. The van der Waals surface area contributed by atoms with Gasteiger partial charge in [-0.1, -0.05) is 29.8 Å². The molecule has 35 heavy (non-hydrogen) atoms. The summed E-state index contributed by atoms with van der Waals surface area (Å²) in [6.45, 7) is 4.54. The number of rotatable bonds is 2. The van der Waals surface area contributed by atoms with Crippen molar-refractivity contribution < 1.29 is 9.18 Å². The maximum Gasteiger partial charge on any atom is 0.322 e. The molecule has 0 unspecified atom stereocenters. The van der Waals surface area contributed by atoms with Gasteiger partial charge in [-0.15, -0.1) is 11.3 Å². The maximum absolute atomic E-state index is 14.4. The molecule has 1 aliphatic carbocycles. The lowest BCUT2D eigenvalue weighted by atomic mass is 9.95. The average molecular weight is 486 g/mol. The molecule has 0 saturated carbocycles. The van der Waals surface area contributed by atoms with Crippen molar-refractivity contribution in [1.82, 2.24) is 9.47 Å². The van der Waals surface area contributed by atoms with Crippen LogP contribution in [0.5, 0.6) is 0 Å². The van der Waals surface area contributed by atoms with Gasteiger partial charge in [0.25, 0.3) is 0 Å². The number of thiophene rings is 1. The molecule has 2 aromatic heterocycles. The molecule has 2 aliphatic rings. The standard InChI is InChI=1S/C29H28FN3OS/c1-18-12-13-24(19(2)15-18)31-29(34)33-17-23-22-9-3-4-11-26(22)35-28(23)32-14-6-10-25(32)27(33)20-7-5-8-21(30)16-20/h5-8,10,12-16,27H,3-4,9,11,17H2,1-2H3,(H,31,34)/t27-/m0/s1. The lowest BCUT2D eigenvalue weighted by molar-refractivity contribution is 0.194. The van der Waals surface area contributed by atoms with Gasteiger partial charge in [-0.2, -0.15) is 0 Å². The number of hydrogen-bond donors (Lipinski definition) is 1. The molecule has 178 valence electrons. The lowest BCUT2D eigenvalue weighted by Crippen LogP contribution is -2.38. The van der Waals surface area contributed by atoms with E-state index >= 15 is 0 Å². The van der Waals surface area contributed by atoms with Crippen molar-refractivity contribution in [2.45, 2.75) is 52.1 Å². The second-order valence-electron chi connectivity index (χ2n) is 9.63. The van der Waals surface area contributed by atoms with Gasteiger partial charge in [0.15, 0.2) is 0 Å². The van der Waals surface area contributed by atoms with E-state index in [1.165, 1.54) is 39.9 Å². The molecule has 2 aromatic carbocycles. The first kappa shape index (κ1) is 22.1. The number of nitrogens with one attached hydrogen (secondary N) is 1. The number of nitrogens with zero attached hydrogens (tertiary/aromatic N) is 2. The molecule has 0 spiro atoms. The number of aromatic nitrogens is 1. The molecular weight excluding hydrogens is 457 g/mol. The van der Waals surface area contributed by atoms with E-state index in [9.17, 15) is 9.18 Å². The number of amides is 2. The predicted molar refractivity (Wildman–Crippen MR) is 139 cm³/mol. The van der Waals surface area contributed by atoms with E-state index in [0.29, 0.717) is 6.54 Å². The van der Waals surface area contributed by atoms with Crippen LogP contribution in [0, 0.1) is 19.7 Å². The molecule has 0 fully saturated rings. The molecule has 4 aromatic rings. The van der Waals surface area contributed by atoms with Crippen LogP contribution in [0.15, 0.2) is 60.8 Å². The summed E-state index contributed by atoms with van der Waals surface area (Å²) in [7, 11) is 0. The zero-order chi connectivity index (χ0) is 24.1. The minimum absolute atomic E-state index is 0.178. The van der Waals surface area contributed by atoms with Gasteiger partial charge in [-0.3, -0.25) is 0 Å². The van der Waals surface area contributed by atoms with Crippen LogP contribution in [0.3, 0.4) is 0 Å². The summed E-state index contributed by atoms with van der Waals surface area (Å²) in [4.78, 5) is 17.3. The SMILES string of the molecule is Cc1ccc(NC(=O)N2Cc3c(sc4c3CCCC4)-n3cccc3[C@@H]2c2cccc(F)c2)c(C)c1. The molecule has 4 nitrogen and oxygen atoms in total. The van der Waals surface area contributed by atoms with Gasteiger partial charge in [0.2, 0.25) is 0 Å². The molecule has 0 bridgehead atoms. The van der Waals surface area contributed by atoms with E-state index < -0.39 is 6.04 Å².